The number of benzene rings is 2. The highest BCUT2D eigenvalue weighted by molar-refractivity contribution is 7.88. The number of hydrogen-bond acceptors (Lipinski definition) is 5. The number of amides is 1. The number of hydrogen-bond donors (Lipinski definition) is 1. The molecule has 138 valence electrons. The Labute approximate surface area is 151 Å². The minimum absolute atomic E-state index is 0.277. The van der Waals surface area contributed by atoms with Crippen molar-refractivity contribution < 1.29 is 30.6 Å². The third kappa shape index (κ3) is 4.73. The van der Waals surface area contributed by atoms with Gasteiger partial charge in [0.25, 0.3) is 0 Å². The normalized spacial score (nSPS) is 12.5. The molecule has 0 saturated carbocycles. The van der Waals surface area contributed by atoms with Crippen LogP contribution in [-0.4, -0.2) is 26.0 Å². The summed E-state index contributed by atoms with van der Waals surface area (Å²) in [5, 5.41) is 4.34. The van der Waals surface area contributed by atoms with Crippen LogP contribution >= 0.6 is 11.6 Å². The molecule has 2 rings (SSSR count). The molecule has 0 fully saturated rings. The van der Waals surface area contributed by atoms with E-state index in [9.17, 15) is 26.4 Å². The number of nitrogens with zero attached hydrogens (tertiary/aromatic N) is 1. The van der Waals surface area contributed by atoms with E-state index < -0.39 is 21.4 Å². The predicted molar refractivity (Wildman–Crippen MR) is 88.3 cm³/mol. The van der Waals surface area contributed by atoms with Crippen molar-refractivity contribution in [1.29, 1.82) is 0 Å². The molecule has 6 nitrogen and oxygen atoms in total. The summed E-state index contributed by atoms with van der Waals surface area (Å²) in [5.41, 5.74) is -2.18. The van der Waals surface area contributed by atoms with Crippen LogP contribution in [0.25, 0.3) is 0 Å². The summed E-state index contributed by atoms with van der Waals surface area (Å²) in [6.45, 7) is 0. The molecule has 0 aliphatic carbocycles. The van der Waals surface area contributed by atoms with Crippen LogP contribution in [0.3, 0.4) is 0 Å². The summed E-state index contributed by atoms with van der Waals surface area (Å²) in [5.74, 6) is -0.523. The number of carbonyl (C=O) groups excluding carboxylic acids is 1. The summed E-state index contributed by atoms with van der Waals surface area (Å²) in [6, 6.07) is 11.1. The molecule has 0 bridgehead atoms. The predicted octanol–water partition coefficient (Wildman–Crippen LogP) is 3.07. The summed E-state index contributed by atoms with van der Waals surface area (Å²) in [7, 11) is -5.76. The van der Waals surface area contributed by atoms with Crippen LogP contribution in [0.15, 0.2) is 53.6 Å². The second-order valence-electron chi connectivity index (χ2n) is 4.72. The molecule has 0 spiro atoms. The standard InChI is InChI=1S/C15H10ClF3N2O4S/c16-12-5-1-10(2-6-12)14(21-20-9-22)11-3-7-13(8-4-11)25-26(23,24)15(17,18)19/h1-9H,(H,20,22). The summed E-state index contributed by atoms with van der Waals surface area (Å²) < 4.78 is 63.0. The van der Waals surface area contributed by atoms with Crippen LogP contribution in [0.5, 0.6) is 5.75 Å². The smallest absolute Gasteiger partial charge is 0.376 e. The molecule has 0 aliphatic rings. The van der Waals surface area contributed by atoms with E-state index in [0.717, 1.165) is 12.1 Å². The van der Waals surface area contributed by atoms with E-state index in [4.69, 9.17) is 11.6 Å². The lowest BCUT2D eigenvalue weighted by Gasteiger charge is -2.11. The fraction of sp³-hybridized carbons (Fsp3) is 0.0667. The Kier molecular flexibility index (Phi) is 5.88. The summed E-state index contributed by atoms with van der Waals surface area (Å²) in [6.07, 6.45) is 0.337. The molecule has 1 N–H and O–H groups in total. The van der Waals surface area contributed by atoms with Gasteiger partial charge in [0.1, 0.15) is 5.75 Å². The highest BCUT2D eigenvalue weighted by atomic mass is 35.5. The van der Waals surface area contributed by atoms with Crippen LogP contribution < -0.4 is 9.61 Å². The van der Waals surface area contributed by atoms with Gasteiger partial charge in [0.15, 0.2) is 0 Å². The Hall–Kier alpha value is -2.59. The fourth-order valence-electron chi connectivity index (χ4n) is 1.84. The number of carbonyl (C=O) groups is 1. The minimum Gasteiger partial charge on any atom is -0.376 e. The number of hydrazone groups is 1. The van der Waals surface area contributed by atoms with Gasteiger partial charge in [0.2, 0.25) is 6.41 Å². The second kappa shape index (κ2) is 7.75. The zero-order valence-corrected chi connectivity index (χ0v) is 14.3. The van der Waals surface area contributed by atoms with Gasteiger partial charge in [-0.05, 0) is 36.4 Å². The third-order valence-corrected chi connectivity index (χ3v) is 4.19. The molecule has 2 aromatic carbocycles. The molecular formula is C15H10ClF3N2O4S. The lowest BCUT2D eigenvalue weighted by atomic mass is 10.0. The average molecular weight is 407 g/mol. The monoisotopic (exact) mass is 406 g/mol. The Morgan fingerprint density at radius 1 is 1.04 bits per heavy atom. The topological polar surface area (TPSA) is 84.8 Å². The molecule has 2 aromatic rings. The minimum atomic E-state index is -5.76. The number of nitrogens with one attached hydrogen (secondary N) is 1. The van der Waals surface area contributed by atoms with Crippen LogP contribution in [0.4, 0.5) is 13.2 Å². The van der Waals surface area contributed by atoms with Crippen LogP contribution in [-0.2, 0) is 14.9 Å². The summed E-state index contributed by atoms with van der Waals surface area (Å²) in [4.78, 5) is 10.5. The van der Waals surface area contributed by atoms with Crippen LogP contribution in [0.1, 0.15) is 11.1 Å². The Balaban J connectivity index is 2.34. The molecule has 1 amide bonds. The summed E-state index contributed by atoms with van der Waals surface area (Å²) >= 11 is 5.81. The van der Waals surface area contributed by atoms with E-state index in [1.165, 1.54) is 12.1 Å². The number of halogens is 4. The molecule has 26 heavy (non-hydrogen) atoms. The zero-order valence-electron chi connectivity index (χ0n) is 12.7. The largest absolute Gasteiger partial charge is 0.534 e. The van der Waals surface area contributed by atoms with Gasteiger partial charge in [0, 0.05) is 16.1 Å². The van der Waals surface area contributed by atoms with Crippen LogP contribution in [0, 0.1) is 0 Å². The molecular weight excluding hydrogens is 397 g/mol. The maximum atomic E-state index is 12.3. The van der Waals surface area contributed by atoms with Gasteiger partial charge >= 0.3 is 15.6 Å². The van der Waals surface area contributed by atoms with Crippen molar-refractivity contribution in [2.75, 3.05) is 0 Å². The van der Waals surface area contributed by atoms with E-state index in [0.29, 0.717) is 22.6 Å². The highest BCUT2D eigenvalue weighted by Crippen LogP contribution is 2.27. The Morgan fingerprint density at radius 3 is 2.00 bits per heavy atom. The Morgan fingerprint density at radius 2 is 1.54 bits per heavy atom. The maximum Gasteiger partial charge on any atom is 0.534 e. The van der Waals surface area contributed by atoms with Crippen molar-refractivity contribution in [3.8, 4) is 5.75 Å². The van der Waals surface area contributed by atoms with Gasteiger partial charge in [-0.15, -0.1) is 0 Å². The SMILES string of the molecule is O=CNN=C(c1ccc(Cl)cc1)c1ccc(OS(=O)(=O)C(F)(F)F)cc1. The molecule has 0 aliphatic heterocycles. The van der Waals surface area contributed by atoms with Crippen molar-refractivity contribution in [1.82, 2.24) is 5.43 Å². The second-order valence-corrected chi connectivity index (χ2v) is 6.70. The van der Waals surface area contributed by atoms with Gasteiger partial charge in [-0.25, -0.2) is 5.43 Å². The fourth-order valence-corrected chi connectivity index (χ4v) is 2.42. The zero-order chi connectivity index (χ0) is 19.4. The number of rotatable bonds is 6. The van der Waals surface area contributed by atoms with Gasteiger partial charge < -0.3 is 4.18 Å². The van der Waals surface area contributed by atoms with Crippen molar-refractivity contribution in [2.24, 2.45) is 5.10 Å². The first kappa shape index (κ1) is 19.7. The van der Waals surface area contributed by atoms with E-state index in [1.807, 2.05) is 0 Å². The van der Waals surface area contributed by atoms with Crippen molar-refractivity contribution in [3.63, 3.8) is 0 Å². The first-order valence-corrected chi connectivity index (χ1v) is 8.56. The van der Waals surface area contributed by atoms with Crippen LogP contribution in [0.2, 0.25) is 5.02 Å². The first-order valence-electron chi connectivity index (χ1n) is 6.78. The van der Waals surface area contributed by atoms with Crippen molar-refractivity contribution in [2.45, 2.75) is 5.51 Å². The van der Waals surface area contributed by atoms with Gasteiger partial charge in [-0.2, -0.15) is 26.7 Å². The van der Waals surface area contributed by atoms with E-state index in [-0.39, 0.29) is 5.71 Å². The first-order chi connectivity index (χ1) is 12.1. The van der Waals surface area contributed by atoms with E-state index in [2.05, 4.69) is 14.7 Å². The molecule has 0 heterocycles. The maximum absolute atomic E-state index is 12.3. The molecule has 0 atom stereocenters. The number of alkyl halides is 3. The van der Waals surface area contributed by atoms with E-state index >= 15 is 0 Å². The van der Waals surface area contributed by atoms with Crippen molar-refractivity contribution in [3.05, 3.63) is 64.7 Å². The lowest BCUT2D eigenvalue weighted by molar-refractivity contribution is -0.109. The van der Waals surface area contributed by atoms with Crippen molar-refractivity contribution >= 4 is 33.8 Å². The molecule has 0 aromatic heterocycles. The molecule has 0 radical (unpaired) electrons. The highest BCUT2D eigenvalue weighted by Gasteiger charge is 2.48. The molecule has 11 heteroatoms. The van der Waals surface area contributed by atoms with Gasteiger partial charge in [0.05, 0.1) is 5.71 Å². The average Bonchev–Trinajstić information content (AvgIpc) is 2.57. The van der Waals surface area contributed by atoms with E-state index in [1.54, 1.807) is 24.3 Å². The van der Waals surface area contributed by atoms with Gasteiger partial charge in [-0.1, -0.05) is 23.7 Å². The molecule has 0 saturated heterocycles. The molecule has 0 unspecified atom stereocenters. The Bertz CT molecular complexity index is 911. The lowest BCUT2D eigenvalue weighted by Crippen LogP contribution is -2.28. The third-order valence-electron chi connectivity index (χ3n) is 2.96. The van der Waals surface area contributed by atoms with Gasteiger partial charge in [-0.3, -0.25) is 4.79 Å². The quantitative estimate of drug-likeness (QED) is 0.263.